The summed E-state index contributed by atoms with van der Waals surface area (Å²) in [5.74, 6) is 1.63. The highest BCUT2D eigenvalue weighted by atomic mass is 16.7. The van der Waals surface area contributed by atoms with E-state index in [2.05, 4.69) is 5.32 Å². The van der Waals surface area contributed by atoms with Crippen molar-refractivity contribution in [2.24, 2.45) is 0 Å². The molecular formula is C15H23NO5. The molecule has 1 aliphatic heterocycles. The zero-order valence-corrected chi connectivity index (χ0v) is 12.4. The third kappa shape index (κ3) is 5.89. The number of rotatable bonds is 11. The lowest BCUT2D eigenvalue weighted by molar-refractivity contribution is 0.0255. The molecule has 1 heterocycles. The summed E-state index contributed by atoms with van der Waals surface area (Å²) in [5, 5.41) is 3.32. The minimum Gasteiger partial charge on any atom is -0.454 e. The molecule has 1 aromatic carbocycles. The predicted octanol–water partition coefficient (Wildman–Crippen LogP) is 1.18. The lowest BCUT2D eigenvalue weighted by atomic mass is 10.2. The van der Waals surface area contributed by atoms with E-state index in [0.29, 0.717) is 39.8 Å². The van der Waals surface area contributed by atoms with Crippen LogP contribution in [0.3, 0.4) is 0 Å². The summed E-state index contributed by atoms with van der Waals surface area (Å²) in [6.07, 6.45) is 0. The number of fused-ring (bicyclic) bond motifs is 1. The van der Waals surface area contributed by atoms with Gasteiger partial charge < -0.3 is 29.0 Å². The zero-order valence-electron chi connectivity index (χ0n) is 12.4. The van der Waals surface area contributed by atoms with Gasteiger partial charge in [-0.3, -0.25) is 0 Å². The average Bonchev–Trinajstić information content (AvgIpc) is 2.97. The van der Waals surface area contributed by atoms with Gasteiger partial charge in [-0.15, -0.1) is 0 Å². The van der Waals surface area contributed by atoms with Crippen LogP contribution in [0.25, 0.3) is 0 Å². The van der Waals surface area contributed by atoms with Gasteiger partial charge in [0.05, 0.1) is 33.0 Å². The maximum absolute atomic E-state index is 5.45. The lowest BCUT2D eigenvalue weighted by Gasteiger charge is -2.07. The molecule has 0 amide bonds. The molecule has 1 aliphatic rings. The van der Waals surface area contributed by atoms with Gasteiger partial charge in [-0.1, -0.05) is 6.07 Å². The van der Waals surface area contributed by atoms with Crippen molar-refractivity contribution in [1.29, 1.82) is 0 Å². The van der Waals surface area contributed by atoms with Crippen LogP contribution >= 0.6 is 0 Å². The van der Waals surface area contributed by atoms with Gasteiger partial charge in [0.2, 0.25) is 6.79 Å². The monoisotopic (exact) mass is 297 g/mol. The standard InChI is InChI=1S/C15H23NO5/c1-17-6-7-19-9-8-18-5-4-16-11-13-2-3-14-15(10-13)21-12-20-14/h2-3,10,16H,4-9,11-12H2,1H3. The summed E-state index contributed by atoms with van der Waals surface area (Å²) in [5.41, 5.74) is 1.17. The van der Waals surface area contributed by atoms with Crippen molar-refractivity contribution in [3.63, 3.8) is 0 Å². The van der Waals surface area contributed by atoms with Gasteiger partial charge in [-0.25, -0.2) is 0 Å². The minimum absolute atomic E-state index is 0.312. The Morgan fingerprint density at radius 1 is 1.00 bits per heavy atom. The van der Waals surface area contributed by atoms with Crippen molar-refractivity contribution in [2.75, 3.05) is 53.5 Å². The van der Waals surface area contributed by atoms with Crippen LogP contribution in [0.5, 0.6) is 11.5 Å². The van der Waals surface area contributed by atoms with E-state index in [1.807, 2.05) is 18.2 Å². The third-order valence-corrected chi connectivity index (χ3v) is 2.99. The molecule has 0 saturated heterocycles. The third-order valence-electron chi connectivity index (χ3n) is 2.99. The second-order valence-electron chi connectivity index (χ2n) is 4.58. The Balaban J connectivity index is 1.47. The quantitative estimate of drug-likeness (QED) is 0.619. The summed E-state index contributed by atoms with van der Waals surface area (Å²) in [4.78, 5) is 0. The minimum atomic E-state index is 0.312. The summed E-state index contributed by atoms with van der Waals surface area (Å²) in [7, 11) is 1.66. The fourth-order valence-electron chi connectivity index (χ4n) is 1.89. The summed E-state index contributed by atoms with van der Waals surface area (Å²) < 4.78 is 26.2. The van der Waals surface area contributed by atoms with E-state index in [1.54, 1.807) is 7.11 Å². The SMILES string of the molecule is COCCOCCOCCNCc1ccc2c(c1)OCO2. The van der Waals surface area contributed by atoms with Crippen molar-refractivity contribution in [3.05, 3.63) is 23.8 Å². The molecule has 0 unspecified atom stereocenters. The van der Waals surface area contributed by atoms with E-state index < -0.39 is 0 Å². The molecule has 6 nitrogen and oxygen atoms in total. The maximum Gasteiger partial charge on any atom is 0.231 e. The van der Waals surface area contributed by atoms with Crippen molar-refractivity contribution < 1.29 is 23.7 Å². The zero-order chi connectivity index (χ0) is 14.8. The van der Waals surface area contributed by atoms with Gasteiger partial charge in [0, 0.05) is 20.2 Å². The molecule has 6 heteroatoms. The average molecular weight is 297 g/mol. The molecule has 0 saturated carbocycles. The molecule has 0 radical (unpaired) electrons. The second-order valence-corrected chi connectivity index (χ2v) is 4.58. The van der Waals surface area contributed by atoms with Crippen LogP contribution in [-0.4, -0.2) is 53.5 Å². The summed E-state index contributed by atoms with van der Waals surface area (Å²) >= 11 is 0. The fraction of sp³-hybridized carbons (Fsp3) is 0.600. The number of benzene rings is 1. The smallest absolute Gasteiger partial charge is 0.231 e. The van der Waals surface area contributed by atoms with Crippen LogP contribution in [-0.2, 0) is 20.8 Å². The molecule has 0 fully saturated rings. The van der Waals surface area contributed by atoms with Crippen LogP contribution in [0.2, 0.25) is 0 Å². The van der Waals surface area contributed by atoms with Crippen LogP contribution < -0.4 is 14.8 Å². The Labute approximate surface area is 125 Å². The molecule has 1 aromatic rings. The Morgan fingerprint density at radius 2 is 1.76 bits per heavy atom. The van der Waals surface area contributed by atoms with E-state index >= 15 is 0 Å². The summed E-state index contributed by atoms with van der Waals surface area (Å²) in [6, 6.07) is 5.97. The molecule has 1 N–H and O–H groups in total. The van der Waals surface area contributed by atoms with Crippen molar-refractivity contribution in [2.45, 2.75) is 6.54 Å². The number of ether oxygens (including phenoxy) is 5. The molecule has 0 aromatic heterocycles. The first-order chi connectivity index (χ1) is 10.4. The fourth-order valence-corrected chi connectivity index (χ4v) is 1.89. The number of nitrogens with one attached hydrogen (secondary N) is 1. The first-order valence-corrected chi connectivity index (χ1v) is 7.14. The van der Waals surface area contributed by atoms with Gasteiger partial charge in [0.15, 0.2) is 11.5 Å². The van der Waals surface area contributed by atoms with E-state index in [-0.39, 0.29) is 0 Å². The summed E-state index contributed by atoms with van der Waals surface area (Å²) in [6.45, 7) is 5.00. The molecule has 0 atom stereocenters. The largest absolute Gasteiger partial charge is 0.454 e. The molecule has 0 bridgehead atoms. The van der Waals surface area contributed by atoms with E-state index in [4.69, 9.17) is 23.7 Å². The Bertz CT molecular complexity index is 413. The van der Waals surface area contributed by atoms with Crippen LogP contribution in [0, 0.1) is 0 Å². The topological polar surface area (TPSA) is 58.2 Å². The van der Waals surface area contributed by atoms with Gasteiger partial charge in [0.25, 0.3) is 0 Å². The van der Waals surface area contributed by atoms with Gasteiger partial charge in [0.1, 0.15) is 0 Å². The molecular weight excluding hydrogens is 274 g/mol. The van der Waals surface area contributed by atoms with Crippen LogP contribution in [0.1, 0.15) is 5.56 Å². The highest BCUT2D eigenvalue weighted by molar-refractivity contribution is 5.44. The Kier molecular flexibility index (Phi) is 7.31. The van der Waals surface area contributed by atoms with Gasteiger partial charge >= 0.3 is 0 Å². The van der Waals surface area contributed by atoms with E-state index in [1.165, 1.54) is 5.56 Å². The molecule has 21 heavy (non-hydrogen) atoms. The number of methoxy groups -OCH3 is 1. The van der Waals surface area contributed by atoms with E-state index in [9.17, 15) is 0 Å². The van der Waals surface area contributed by atoms with Crippen molar-refractivity contribution in [1.82, 2.24) is 5.32 Å². The highest BCUT2D eigenvalue weighted by Crippen LogP contribution is 2.32. The lowest BCUT2D eigenvalue weighted by Crippen LogP contribution is -2.20. The molecule has 118 valence electrons. The molecule has 0 aliphatic carbocycles. The van der Waals surface area contributed by atoms with Crippen molar-refractivity contribution >= 4 is 0 Å². The van der Waals surface area contributed by atoms with Crippen LogP contribution in [0.4, 0.5) is 0 Å². The maximum atomic E-state index is 5.45. The molecule has 2 rings (SSSR count). The Morgan fingerprint density at radius 3 is 2.62 bits per heavy atom. The number of hydrogen-bond donors (Lipinski definition) is 1. The highest BCUT2D eigenvalue weighted by Gasteiger charge is 2.12. The first-order valence-electron chi connectivity index (χ1n) is 7.14. The van der Waals surface area contributed by atoms with Gasteiger partial charge in [-0.2, -0.15) is 0 Å². The predicted molar refractivity (Wildman–Crippen MR) is 77.8 cm³/mol. The first kappa shape index (κ1) is 16.0. The Hall–Kier alpha value is -1.34. The van der Waals surface area contributed by atoms with Gasteiger partial charge in [-0.05, 0) is 17.7 Å². The second kappa shape index (κ2) is 9.57. The van der Waals surface area contributed by atoms with Crippen molar-refractivity contribution in [3.8, 4) is 11.5 Å². The molecule has 0 spiro atoms. The van der Waals surface area contributed by atoms with E-state index in [0.717, 1.165) is 24.6 Å². The number of hydrogen-bond acceptors (Lipinski definition) is 6. The van der Waals surface area contributed by atoms with Crippen LogP contribution in [0.15, 0.2) is 18.2 Å². The normalized spacial score (nSPS) is 12.8.